The van der Waals surface area contributed by atoms with Crippen molar-refractivity contribution < 1.29 is 22.4 Å². The molecule has 1 aromatic carbocycles. The Balaban J connectivity index is 1.62. The number of aromatic nitrogens is 2. The molecule has 1 fully saturated rings. The molecule has 0 bridgehead atoms. The lowest BCUT2D eigenvalue weighted by atomic mass is 10.1. The Hall–Kier alpha value is -3.01. The third kappa shape index (κ3) is 4.84. The molecule has 1 atom stereocenters. The van der Waals surface area contributed by atoms with Crippen molar-refractivity contribution in [3.63, 3.8) is 0 Å². The zero-order valence-corrected chi connectivity index (χ0v) is 16.8. The number of alkyl halides is 3. The van der Waals surface area contributed by atoms with E-state index in [0.717, 1.165) is 10.9 Å². The Labute approximate surface area is 178 Å². The van der Waals surface area contributed by atoms with Crippen LogP contribution in [0.4, 0.5) is 17.6 Å². The molecule has 3 aromatic rings. The summed E-state index contributed by atoms with van der Waals surface area (Å²) in [5, 5.41) is 8.52. The van der Waals surface area contributed by atoms with Crippen LogP contribution in [-0.2, 0) is 17.5 Å². The summed E-state index contributed by atoms with van der Waals surface area (Å²) in [5.41, 5.74) is -1.93. The van der Waals surface area contributed by atoms with Gasteiger partial charge in [-0.3, -0.25) is 9.59 Å². The summed E-state index contributed by atoms with van der Waals surface area (Å²) in [4.78, 5) is 25.8. The minimum atomic E-state index is -4.84. The molecule has 1 N–H and O–H groups in total. The van der Waals surface area contributed by atoms with Crippen molar-refractivity contribution in [2.75, 3.05) is 0 Å². The summed E-state index contributed by atoms with van der Waals surface area (Å²) in [6.07, 6.45) is -3.45. The molecule has 0 aliphatic heterocycles. The second-order valence-corrected chi connectivity index (χ2v) is 8.26. The van der Waals surface area contributed by atoms with E-state index in [0.29, 0.717) is 23.1 Å². The van der Waals surface area contributed by atoms with Crippen LogP contribution in [0.15, 0.2) is 52.6 Å². The van der Waals surface area contributed by atoms with Gasteiger partial charge in [0.15, 0.2) is 0 Å². The van der Waals surface area contributed by atoms with Gasteiger partial charge in [0.25, 0.3) is 5.56 Å². The molecule has 5 nitrogen and oxygen atoms in total. The zero-order valence-electron chi connectivity index (χ0n) is 16.0. The van der Waals surface area contributed by atoms with E-state index in [1.54, 1.807) is 17.5 Å². The second-order valence-electron chi connectivity index (χ2n) is 7.29. The average molecular weight is 451 g/mol. The molecule has 1 aliphatic carbocycles. The summed E-state index contributed by atoms with van der Waals surface area (Å²) in [5.74, 6) is -1.25. The maximum absolute atomic E-state index is 13.3. The van der Waals surface area contributed by atoms with Gasteiger partial charge in [-0.2, -0.15) is 18.3 Å². The molecule has 1 aliphatic rings. The smallest absolute Gasteiger partial charge is 0.343 e. The van der Waals surface area contributed by atoms with E-state index in [9.17, 15) is 27.2 Å². The van der Waals surface area contributed by atoms with Crippen molar-refractivity contribution in [1.29, 1.82) is 0 Å². The number of nitrogens with zero attached hydrogens (tertiary/aromatic N) is 2. The second kappa shape index (κ2) is 8.26. The van der Waals surface area contributed by atoms with Crippen molar-refractivity contribution in [2.45, 2.75) is 37.5 Å². The number of carbonyl (C=O) groups excluding carboxylic acids is 1. The van der Waals surface area contributed by atoms with Gasteiger partial charge in [0.05, 0.1) is 11.7 Å². The van der Waals surface area contributed by atoms with Gasteiger partial charge in [0, 0.05) is 10.8 Å². The lowest BCUT2D eigenvalue weighted by molar-refractivity contribution is -0.139. The number of carbonyl (C=O) groups is 1. The lowest BCUT2D eigenvalue weighted by Gasteiger charge is -2.19. The molecule has 1 unspecified atom stereocenters. The number of nitrogens with one attached hydrogen (secondary N) is 1. The molecule has 1 saturated carbocycles. The van der Waals surface area contributed by atoms with Gasteiger partial charge in [0.1, 0.15) is 17.9 Å². The van der Waals surface area contributed by atoms with Crippen LogP contribution in [0.2, 0.25) is 0 Å². The van der Waals surface area contributed by atoms with Gasteiger partial charge in [0.2, 0.25) is 5.91 Å². The highest BCUT2D eigenvalue weighted by molar-refractivity contribution is 7.10. The van der Waals surface area contributed by atoms with Crippen molar-refractivity contribution in [3.8, 4) is 0 Å². The molecule has 2 aromatic heterocycles. The van der Waals surface area contributed by atoms with Crippen LogP contribution in [0.5, 0.6) is 0 Å². The summed E-state index contributed by atoms with van der Waals surface area (Å²) in [6.45, 7) is -0.661. The number of benzene rings is 1. The van der Waals surface area contributed by atoms with Gasteiger partial charge < -0.3 is 5.32 Å². The first-order chi connectivity index (χ1) is 14.7. The van der Waals surface area contributed by atoms with Gasteiger partial charge in [-0.25, -0.2) is 9.07 Å². The number of halogens is 4. The zero-order chi connectivity index (χ0) is 22.2. The third-order valence-electron chi connectivity index (χ3n) is 4.92. The number of thiophene rings is 1. The van der Waals surface area contributed by atoms with Crippen molar-refractivity contribution >= 4 is 17.2 Å². The largest absolute Gasteiger partial charge is 0.421 e. The van der Waals surface area contributed by atoms with Crippen LogP contribution in [0.1, 0.15) is 46.5 Å². The predicted octanol–water partition coefficient (Wildman–Crippen LogP) is 4.25. The SMILES string of the molecule is O=C(Cn1nc(C2CC2)cc(C(F)(F)F)c1=O)NC(c1ccc(F)cc1)c1cccs1. The number of amides is 1. The van der Waals surface area contributed by atoms with E-state index in [4.69, 9.17) is 0 Å². The lowest BCUT2D eigenvalue weighted by Crippen LogP contribution is -2.38. The standard InChI is InChI=1S/C21H17F4N3O2S/c22-14-7-5-13(6-8-14)19(17-2-1-9-31-17)26-18(29)11-28-20(30)15(21(23,24)25)10-16(27-28)12-3-4-12/h1-2,5-10,12,19H,3-4,11H2,(H,26,29). The highest BCUT2D eigenvalue weighted by Crippen LogP contribution is 2.40. The monoisotopic (exact) mass is 451 g/mol. The van der Waals surface area contributed by atoms with Crippen molar-refractivity contribution in [1.82, 2.24) is 15.1 Å². The fraction of sp³-hybridized carbons (Fsp3) is 0.286. The fourth-order valence-electron chi connectivity index (χ4n) is 3.22. The fourth-order valence-corrected chi connectivity index (χ4v) is 4.03. The molecular formula is C21H17F4N3O2S. The highest BCUT2D eigenvalue weighted by Gasteiger charge is 2.37. The van der Waals surface area contributed by atoms with Crippen molar-refractivity contribution in [3.05, 3.63) is 85.7 Å². The number of hydrogen-bond acceptors (Lipinski definition) is 4. The van der Waals surface area contributed by atoms with E-state index < -0.39 is 41.6 Å². The molecule has 4 rings (SSSR count). The highest BCUT2D eigenvalue weighted by atomic mass is 32.1. The summed E-state index contributed by atoms with van der Waals surface area (Å²) < 4.78 is 53.8. The van der Waals surface area contributed by atoms with E-state index in [2.05, 4.69) is 10.4 Å². The Morgan fingerprint density at radius 2 is 1.94 bits per heavy atom. The van der Waals surface area contributed by atoms with Crippen LogP contribution in [0.3, 0.4) is 0 Å². The van der Waals surface area contributed by atoms with Crippen LogP contribution in [0, 0.1) is 5.82 Å². The third-order valence-corrected chi connectivity index (χ3v) is 5.86. The summed E-state index contributed by atoms with van der Waals surface area (Å²) in [6, 6.07) is 9.23. The molecule has 31 heavy (non-hydrogen) atoms. The molecule has 1 amide bonds. The maximum Gasteiger partial charge on any atom is 0.421 e. The minimum Gasteiger partial charge on any atom is -0.343 e. The van der Waals surface area contributed by atoms with Crippen LogP contribution in [-0.4, -0.2) is 15.7 Å². The normalized spacial score (nSPS) is 15.0. The maximum atomic E-state index is 13.3. The summed E-state index contributed by atoms with van der Waals surface area (Å²) in [7, 11) is 0. The number of hydrogen-bond donors (Lipinski definition) is 1. The molecule has 162 valence electrons. The Morgan fingerprint density at radius 3 is 2.52 bits per heavy atom. The van der Waals surface area contributed by atoms with Crippen LogP contribution >= 0.6 is 11.3 Å². The first kappa shape index (κ1) is 21.2. The van der Waals surface area contributed by atoms with E-state index in [1.807, 2.05) is 0 Å². The Bertz CT molecular complexity index is 1140. The van der Waals surface area contributed by atoms with E-state index in [1.165, 1.54) is 35.6 Å². The Morgan fingerprint density at radius 1 is 1.23 bits per heavy atom. The molecule has 10 heteroatoms. The van der Waals surface area contributed by atoms with Crippen molar-refractivity contribution in [2.24, 2.45) is 0 Å². The van der Waals surface area contributed by atoms with Gasteiger partial charge >= 0.3 is 6.18 Å². The molecule has 0 spiro atoms. The van der Waals surface area contributed by atoms with Gasteiger partial charge in [-0.05, 0) is 48.1 Å². The summed E-state index contributed by atoms with van der Waals surface area (Å²) >= 11 is 1.36. The van der Waals surface area contributed by atoms with Crippen LogP contribution < -0.4 is 10.9 Å². The quantitative estimate of drug-likeness (QED) is 0.570. The minimum absolute atomic E-state index is 0.130. The average Bonchev–Trinajstić information content (AvgIpc) is 3.42. The number of rotatable bonds is 6. The van der Waals surface area contributed by atoms with E-state index in [-0.39, 0.29) is 11.6 Å². The van der Waals surface area contributed by atoms with Gasteiger partial charge in [-0.15, -0.1) is 11.3 Å². The van der Waals surface area contributed by atoms with Crippen LogP contribution in [0.25, 0.3) is 0 Å². The van der Waals surface area contributed by atoms with Gasteiger partial charge in [-0.1, -0.05) is 18.2 Å². The molecule has 2 heterocycles. The topological polar surface area (TPSA) is 64.0 Å². The Kier molecular flexibility index (Phi) is 5.65. The first-order valence-corrected chi connectivity index (χ1v) is 10.4. The van der Waals surface area contributed by atoms with E-state index >= 15 is 0 Å². The first-order valence-electron chi connectivity index (χ1n) is 9.50. The predicted molar refractivity (Wildman–Crippen MR) is 106 cm³/mol. The molecule has 0 saturated heterocycles. The molecular weight excluding hydrogens is 434 g/mol. The molecule has 0 radical (unpaired) electrons.